The van der Waals surface area contributed by atoms with Crippen LogP contribution in [0.25, 0.3) is 6.08 Å². The number of hydrogen-bond donors (Lipinski definition) is 2. The quantitative estimate of drug-likeness (QED) is 0.290. The van der Waals surface area contributed by atoms with E-state index in [4.69, 9.17) is 0 Å². The van der Waals surface area contributed by atoms with Gasteiger partial charge in [-0.1, -0.05) is 98.9 Å². The van der Waals surface area contributed by atoms with Gasteiger partial charge in [-0.2, -0.15) is 5.26 Å². The van der Waals surface area contributed by atoms with E-state index in [1.165, 1.54) is 133 Å². The largest absolute Gasteiger partial charge is 0.373 e. The highest BCUT2D eigenvalue weighted by Crippen LogP contribution is 2.64. The molecule has 0 radical (unpaired) electrons. The first kappa shape index (κ1) is 45.8. The molecule has 16 rings (SSSR count). The third-order valence-corrected chi connectivity index (χ3v) is 26.9. The SMILES string of the molecule is N#CC1CC(C2C=C(C3C=CCC4c5ccccc5SC34)NC(C3CCCCC3)N2)C(N2C3CCCCC3C3CCc4c(sc5c4C=CCC5)C32)=CC1N1C2=C(CCC3C2SC2C=CCCC23)C2CCC=CC21. The smallest absolute Gasteiger partial charge is 0.0799 e. The molecule has 18 atom stereocenters. The lowest BCUT2D eigenvalue weighted by atomic mass is 9.72. The third kappa shape index (κ3) is 7.21. The molecule has 18 unspecified atom stereocenters. The zero-order chi connectivity index (χ0) is 47.9. The highest BCUT2D eigenvalue weighted by atomic mass is 32.2. The van der Waals surface area contributed by atoms with Gasteiger partial charge in [-0.3, -0.25) is 5.32 Å². The van der Waals surface area contributed by atoms with Gasteiger partial charge in [0.15, 0.2) is 0 Å². The summed E-state index contributed by atoms with van der Waals surface area (Å²) in [4.78, 5) is 11.1. The van der Waals surface area contributed by atoms with Crippen LogP contribution in [0.4, 0.5) is 0 Å². The molecule has 5 aliphatic heterocycles. The standard InChI is InChI=1S/C65H77N5S3/c66-36-38-33-50(52-34-51(67-65(68-52)37-15-2-1-3-16-37)49-23-14-22-46-41-19-6-11-26-57(41)71-62(46)49)56(70-54-25-10-5-18-40(54)45-30-32-48-43-21-8-13-28-59(43)73-64(48)61(45)70)35-55(38)69-53-24-9-4-17-39(53)44-29-31-47-42-20-7-12-27-58(42)72-63(47)60(44)69/h6,8-9,11-12,14,19,21,23-24,26-27,34-35,37-40,42,45-47,49-50,52-55,58,61-63,65,67-68H,1-5,7,10,13,15-18,20,22,25,28-33H2. The van der Waals surface area contributed by atoms with Crippen LogP contribution in [0.2, 0.25) is 0 Å². The Morgan fingerprint density at radius 3 is 2.53 bits per heavy atom. The second kappa shape index (κ2) is 18.4. The van der Waals surface area contributed by atoms with Crippen LogP contribution in [-0.2, 0) is 12.8 Å². The fourth-order valence-electron chi connectivity index (χ4n) is 19.2. The average Bonchev–Trinajstić information content (AvgIpc) is 4.28. The van der Waals surface area contributed by atoms with Crippen LogP contribution in [-0.4, -0.2) is 55.9 Å². The number of aryl methyl sites for hydroxylation is 1. The van der Waals surface area contributed by atoms with Crippen molar-refractivity contribution in [2.75, 3.05) is 0 Å². The van der Waals surface area contributed by atoms with Crippen LogP contribution in [0.1, 0.15) is 160 Å². The monoisotopic (exact) mass is 1020 g/mol. The van der Waals surface area contributed by atoms with Crippen molar-refractivity contribution in [3.8, 4) is 6.07 Å². The first-order valence-electron chi connectivity index (χ1n) is 30.0. The number of benzene rings is 1. The molecule has 8 heteroatoms. The zero-order valence-corrected chi connectivity index (χ0v) is 45.4. The highest BCUT2D eigenvalue weighted by Gasteiger charge is 2.59. The second-order valence-electron chi connectivity index (χ2n) is 25.5. The third-order valence-electron chi connectivity index (χ3n) is 22.3. The summed E-state index contributed by atoms with van der Waals surface area (Å²) in [5.74, 6) is 5.28. The number of thioether (sulfide) groups is 2. The molecule has 380 valence electrons. The van der Waals surface area contributed by atoms with E-state index in [1.807, 2.05) is 0 Å². The van der Waals surface area contributed by atoms with Gasteiger partial charge in [0.25, 0.3) is 0 Å². The number of allylic oxidation sites excluding steroid dienone is 5. The van der Waals surface area contributed by atoms with Crippen LogP contribution in [0.5, 0.6) is 0 Å². The van der Waals surface area contributed by atoms with Crippen LogP contribution in [0, 0.1) is 64.6 Å². The van der Waals surface area contributed by atoms with Crippen LogP contribution < -0.4 is 10.6 Å². The molecule has 5 nitrogen and oxygen atoms in total. The fourth-order valence-corrected chi connectivity index (χ4v) is 24.4. The molecule has 2 N–H and O–H groups in total. The Balaban J connectivity index is 0.865. The maximum Gasteiger partial charge on any atom is 0.0799 e. The predicted molar refractivity (Wildman–Crippen MR) is 302 cm³/mol. The van der Waals surface area contributed by atoms with E-state index in [0.717, 1.165) is 30.6 Å². The van der Waals surface area contributed by atoms with Gasteiger partial charge in [-0.25, -0.2) is 0 Å². The van der Waals surface area contributed by atoms with Crippen LogP contribution in [0.15, 0.2) is 107 Å². The van der Waals surface area contributed by atoms with Crippen molar-refractivity contribution in [1.29, 1.82) is 5.26 Å². The van der Waals surface area contributed by atoms with Crippen molar-refractivity contribution in [3.05, 3.63) is 128 Å². The molecule has 2 saturated carbocycles. The molecule has 2 saturated heterocycles. The summed E-state index contributed by atoms with van der Waals surface area (Å²) >= 11 is 6.72. The minimum Gasteiger partial charge on any atom is -0.373 e. The first-order chi connectivity index (χ1) is 36.2. The lowest BCUT2D eigenvalue weighted by Gasteiger charge is -2.51. The molecule has 1 aromatic heterocycles. The normalized spacial score (nSPS) is 42.7. The molecule has 14 aliphatic rings. The molecule has 0 bridgehead atoms. The van der Waals surface area contributed by atoms with E-state index in [1.54, 1.807) is 43.4 Å². The molecule has 9 aliphatic carbocycles. The number of fused-ring (bicyclic) bond motifs is 16. The van der Waals surface area contributed by atoms with Crippen LogP contribution >= 0.6 is 34.9 Å². The van der Waals surface area contributed by atoms with Gasteiger partial charge in [0.05, 0.1) is 36.3 Å². The number of thiophene rings is 1. The van der Waals surface area contributed by atoms with E-state index in [-0.39, 0.29) is 30.1 Å². The minimum atomic E-state index is -0.0762. The minimum absolute atomic E-state index is 0.0762. The molecule has 4 fully saturated rings. The van der Waals surface area contributed by atoms with E-state index in [2.05, 4.69) is 146 Å². The Morgan fingerprint density at radius 2 is 1.59 bits per heavy atom. The van der Waals surface area contributed by atoms with Gasteiger partial charge in [0.2, 0.25) is 0 Å². The van der Waals surface area contributed by atoms with Crippen molar-refractivity contribution < 1.29 is 0 Å². The summed E-state index contributed by atoms with van der Waals surface area (Å²) in [6.45, 7) is 0. The maximum atomic E-state index is 12.0. The van der Waals surface area contributed by atoms with Gasteiger partial charge in [-0.05, 0) is 173 Å². The maximum absolute atomic E-state index is 12.0. The molecular formula is C65H77N5S3. The molecule has 2 aromatic rings. The van der Waals surface area contributed by atoms with E-state index < -0.39 is 0 Å². The summed E-state index contributed by atoms with van der Waals surface area (Å²) in [7, 11) is 0. The molecule has 73 heavy (non-hydrogen) atoms. The Labute approximate surface area is 449 Å². The van der Waals surface area contributed by atoms with Crippen molar-refractivity contribution >= 4 is 40.9 Å². The van der Waals surface area contributed by atoms with Crippen molar-refractivity contribution in [2.45, 2.75) is 198 Å². The van der Waals surface area contributed by atoms with Crippen molar-refractivity contribution in [1.82, 2.24) is 20.4 Å². The van der Waals surface area contributed by atoms with Gasteiger partial charge in [-0.15, -0.1) is 34.9 Å². The van der Waals surface area contributed by atoms with E-state index >= 15 is 0 Å². The van der Waals surface area contributed by atoms with E-state index in [9.17, 15) is 5.26 Å². The van der Waals surface area contributed by atoms with E-state index in [0.29, 0.717) is 63.5 Å². The van der Waals surface area contributed by atoms with Crippen molar-refractivity contribution in [2.24, 2.45) is 53.3 Å². The number of nitrogens with zero attached hydrogens (tertiary/aromatic N) is 3. The zero-order valence-electron chi connectivity index (χ0n) is 43.0. The molecule has 0 spiro atoms. The number of likely N-dealkylation sites (tertiary alicyclic amines) is 1. The summed E-state index contributed by atoms with van der Waals surface area (Å²) in [6.07, 6.45) is 53.1. The molecule has 0 amide bonds. The van der Waals surface area contributed by atoms with Gasteiger partial charge in [0, 0.05) is 83.2 Å². The van der Waals surface area contributed by atoms with Crippen molar-refractivity contribution in [3.63, 3.8) is 0 Å². The fraction of sp³-hybridized carbons (Fsp3) is 0.615. The Morgan fingerprint density at radius 1 is 0.712 bits per heavy atom. The average molecular weight is 1020 g/mol. The van der Waals surface area contributed by atoms with Crippen LogP contribution in [0.3, 0.4) is 0 Å². The summed E-state index contributed by atoms with van der Waals surface area (Å²) in [6, 6.07) is 14.2. The van der Waals surface area contributed by atoms with Gasteiger partial charge < -0.3 is 15.1 Å². The Bertz CT molecular complexity index is 2800. The molecular weight excluding hydrogens is 947 g/mol. The second-order valence-corrected chi connectivity index (χ2v) is 29.2. The molecule has 1 aromatic carbocycles. The Hall–Kier alpha value is -3.35. The van der Waals surface area contributed by atoms with Gasteiger partial charge in [0.1, 0.15) is 0 Å². The predicted octanol–water partition coefficient (Wildman–Crippen LogP) is 14.5. The number of nitriles is 1. The lowest BCUT2D eigenvalue weighted by molar-refractivity contribution is 0.115. The number of rotatable bonds is 5. The summed E-state index contributed by atoms with van der Waals surface area (Å²) in [5.41, 5.74) is 11.5. The van der Waals surface area contributed by atoms with Gasteiger partial charge >= 0.3 is 0 Å². The lowest BCUT2D eigenvalue weighted by Crippen LogP contribution is -2.60. The summed E-state index contributed by atoms with van der Waals surface area (Å²) < 4.78 is 0. The number of hydrogen-bond acceptors (Lipinski definition) is 8. The molecule has 6 heterocycles. The number of nitrogens with one attached hydrogen (secondary N) is 2. The first-order valence-corrected chi connectivity index (χ1v) is 32.7. The topological polar surface area (TPSA) is 54.3 Å². The highest BCUT2D eigenvalue weighted by molar-refractivity contribution is 8.01. The Kier molecular flexibility index (Phi) is 11.6. The summed E-state index contributed by atoms with van der Waals surface area (Å²) in [5, 5.41) is 22.6.